The van der Waals surface area contributed by atoms with Gasteiger partial charge >= 0.3 is 0 Å². The third kappa shape index (κ3) is 9.19. The lowest BCUT2D eigenvalue weighted by Gasteiger charge is -2.01. The van der Waals surface area contributed by atoms with E-state index in [4.69, 9.17) is 16.2 Å². The number of rotatable bonds is 7. The first-order chi connectivity index (χ1) is 5.77. The quantitative estimate of drug-likeness (QED) is 0.259. The van der Waals surface area contributed by atoms with Crippen LogP contribution in [0.2, 0.25) is 0 Å². The molecule has 0 atom stereocenters. The molecule has 0 saturated heterocycles. The molecule has 0 unspecified atom stereocenters. The number of nitrogens with one attached hydrogen (secondary N) is 1. The van der Waals surface area contributed by atoms with Crippen molar-refractivity contribution in [3.8, 4) is 0 Å². The molecule has 0 rings (SSSR count). The van der Waals surface area contributed by atoms with Crippen LogP contribution in [0.25, 0.3) is 0 Å². The second kappa shape index (κ2) is 8.29. The van der Waals surface area contributed by atoms with Gasteiger partial charge in [0, 0.05) is 20.2 Å². The number of guanidine groups is 1. The Morgan fingerprint density at radius 3 is 2.75 bits per heavy atom. The molecule has 0 radical (unpaired) electrons. The van der Waals surface area contributed by atoms with Crippen LogP contribution in [-0.4, -0.2) is 39.3 Å². The van der Waals surface area contributed by atoms with Gasteiger partial charge in [-0.3, -0.25) is 4.99 Å². The van der Waals surface area contributed by atoms with Crippen molar-refractivity contribution < 1.29 is 4.74 Å². The minimum Gasteiger partial charge on any atom is -0.383 e. The number of methoxy groups -OCH3 is 1. The SMILES string of the molecule is COCCNCCCN=C(N)N. The number of aliphatic imine (C=N–C) groups is 1. The van der Waals surface area contributed by atoms with Gasteiger partial charge in [-0.25, -0.2) is 0 Å². The smallest absolute Gasteiger partial charge is 0.185 e. The molecule has 0 aromatic carbocycles. The predicted octanol–water partition coefficient (Wildman–Crippen LogP) is -1.11. The minimum atomic E-state index is 0.159. The van der Waals surface area contributed by atoms with E-state index in [1.165, 1.54) is 0 Å². The zero-order chi connectivity index (χ0) is 9.23. The van der Waals surface area contributed by atoms with Crippen molar-refractivity contribution in [2.24, 2.45) is 16.5 Å². The van der Waals surface area contributed by atoms with Gasteiger partial charge < -0.3 is 21.5 Å². The highest BCUT2D eigenvalue weighted by Crippen LogP contribution is 1.77. The topological polar surface area (TPSA) is 85.7 Å². The average molecular weight is 174 g/mol. The number of hydrogen-bond donors (Lipinski definition) is 3. The van der Waals surface area contributed by atoms with Crippen LogP contribution in [0.15, 0.2) is 4.99 Å². The third-order valence-electron chi connectivity index (χ3n) is 1.29. The van der Waals surface area contributed by atoms with Crippen molar-refractivity contribution in [2.75, 3.05) is 33.4 Å². The summed E-state index contributed by atoms with van der Waals surface area (Å²) in [6, 6.07) is 0. The van der Waals surface area contributed by atoms with Crippen molar-refractivity contribution in [3.63, 3.8) is 0 Å². The summed E-state index contributed by atoms with van der Waals surface area (Å²) in [5, 5.41) is 3.18. The van der Waals surface area contributed by atoms with Crippen LogP contribution in [0.3, 0.4) is 0 Å². The van der Waals surface area contributed by atoms with E-state index in [1.54, 1.807) is 7.11 Å². The van der Waals surface area contributed by atoms with Crippen LogP contribution in [0.4, 0.5) is 0 Å². The van der Waals surface area contributed by atoms with Gasteiger partial charge in [-0.2, -0.15) is 0 Å². The molecule has 0 aromatic heterocycles. The zero-order valence-electron chi connectivity index (χ0n) is 7.55. The van der Waals surface area contributed by atoms with E-state index < -0.39 is 0 Å². The molecule has 12 heavy (non-hydrogen) atoms. The Balaban J connectivity index is 2.96. The summed E-state index contributed by atoms with van der Waals surface area (Å²) >= 11 is 0. The lowest BCUT2D eigenvalue weighted by Crippen LogP contribution is -2.24. The Bertz CT molecular complexity index is 123. The first-order valence-electron chi connectivity index (χ1n) is 4.02. The normalized spacial score (nSPS) is 9.75. The van der Waals surface area contributed by atoms with Gasteiger partial charge in [0.2, 0.25) is 0 Å². The summed E-state index contributed by atoms with van der Waals surface area (Å²) in [7, 11) is 1.68. The van der Waals surface area contributed by atoms with E-state index >= 15 is 0 Å². The largest absolute Gasteiger partial charge is 0.383 e. The van der Waals surface area contributed by atoms with Crippen LogP contribution < -0.4 is 16.8 Å². The second-order valence-corrected chi connectivity index (χ2v) is 2.40. The molecule has 5 N–H and O–H groups in total. The van der Waals surface area contributed by atoms with Gasteiger partial charge in [0.25, 0.3) is 0 Å². The van der Waals surface area contributed by atoms with E-state index in [0.717, 1.165) is 26.1 Å². The molecule has 0 bridgehead atoms. The molecule has 0 aliphatic carbocycles. The standard InChI is InChI=1S/C7H18N4O/c1-12-6-5-10-3-2-4-11-7(8)9/h10H,2-6H2,1H3,(H4,8,9,11). The molecule has 0 spiro atoms. The predicted molar refractivity (Wildman–Crippen MR) is 50.0 cm³/mol. The molecular formula is C7H18N4O. The molecule has 0 amide bonds. The maximum Gasteiger partial charge on any atom is 0.185 e. The molecule has 0 aromatic rings. The lowest BCUT2D eigenvalue weighted by atomic mass is 10.4. The Hall–Kier alpha value is -0.810. The van der Waals surface area contributed by atoms with Crippen LogP contribution in [0.5, 0.6) is 0 Å². The van der Waals surface area contributed by atoms with Crippen LogP contribution in [0.1, 0.15) is 6.42 Å². The molecule has 5 heteroatoms. The van der Waals surface area contributed by atoms with Crippen LogP contribution >= 0.6 is 0 Å². The number of hydrogen-bond acceptors (Lipinski definition) is 3. The summed E-state index contributed by atoms with van der Waals surface area (Å²) in [5.74, 6) is 0.159. The molecule has 0 saturated carbocycles. The fourth-order valence-electron chi connectivity index (χ4n) is 0.711. The van der Waals surface area contributed by atoms with Crippen molar-refractivity contribution in [1.82, 2.24) is 5.32 Å². The minimum absolute atomic E-state index is 0.159. The number of nitrogens with zero attached hydrogens (tertiary/aromatic N) is 1. The van der Waals surface area contributed by atoms with Crippen molar-refractivity contribution in [3.05, 3.63) is 0 Å². The fourth-order valence-corrected chi connectivity index (χ4v) is 0.711. The summed E-state index contributed by atoms with van der Waals surface area (Å²) < 4.78 is 4.86. The summed E-state index contributed by atoms with van der Waals surface area (Å²) in [6.07, 6.45) is 0.946. The van der Waals surface area contributed by atoms with Gasteiger partial charge in [0.05, 0.1) is 6.61 Å². The van der Waals surface area contributed by atoms with E-state index in [9.17, 15) is 0 Å². The highest BCUT2D eigenvalue weighted by atomic mass is 16.5. The second-order valence-electron chi connectivity index (χ2n) is 2.40. The van der Waals surface area contributed by atoms with Crippen molar-refractivity contribution in [2.45, 2.75) is 6.42 Å². The number of ether oxygens (including phenoxy) is 1. The summed E-state index contributed by atoms with van der Waals surface area (Å²) in [5.41, 5.74) is 10.3. The molecule has 72 valence electrons. The highest BCUT2D eigenvalue weighted by Gasteiger charge is 1.86. The van der Waals surface area contributed by atoms with Gasteiger partial charge in [0.15, 0.2) is 5.96 Å². The summed E-state index contributed by atoms with van der Waals surface area (Å²) in [4.78, 5) is 3.84. The molecule has 0 aliphatic rings. The average Bonchev–Trinajstić information content (AvgIpc) is 2.02. The molecular weight excluding hydrogens is 156 g/mol. The van der Waals surface area contributed by atoms with Gasteiger partial charge in [0.1, 0.15) is 0 Å². The van der Waals surface area contributed by atoms with Crippen LogP contribution in [0, 0.1) is 0 Å². The first-order valence-corrected chi connectivity index (χ1v) is 4.02. The van der Waals surface area contributed by atoms with E-state index in [0.29, 0.717) is 6.54 Å². The van der Waals surface area contributed by atoms with Crippen LogP contribution in [-0.2, 0) is 4.74 Å². The molecule has 0 fully saturated rings. The summed E-state index contributed by atoms with van der Waals surface area (Å²) in [6.45, 7) is 3.21. The van der Waals surface area contributed by atoms with Crippen molar-refractivity contribution >= 4 is 5.96 Å². The maximum atomic E-state index is 5.14. The number of nitrogens with two attached hydrogens (primary N) is 2. The first kappa shape index (κ1) is 11.2. The lowest BCUT2D eigenvalue weighted by molar-refractivity contribution is 0.199. The Labute approximate surface area is 73.2 Å². The Kier molecular flexibility index (Phi) is 7.73. The molecule has 0 heterocycles. The Morgan fingerprint density at radius 2 is 2.17 bits per heavy atom. The monoisotopic (exact) mass is 174 g/mol. The van der Waals surface area contributed by atoms with E-state index in [2.05, 4.69) is 10.3 Å². The highest BCUT2D eigenvalue weighted by molar-refractivity contribution is 5.75. The van der Waals surface area contributed by atoms with Gasteiger partial charge in [-0.1, -0.05) is 0 Å². The Morgan fingerprint density at radius 1 is 1.42 bits per heavy atom. The van der Waals surface area contributed by atoms with Gasteiger partial charge in [-0.05, 0) is 13.0 Å². The van der Waals surface area contributed by atoms with Gasteiger partial charge in [-0.15, -0.1) is 0 Å². The molecule has 0 aliphatic heterocycles. The zero-order valence-corrected chi connectivity index (χ0v) is 7.55. The van der Waals surface area contributed by atoms with E-state index in [1.807, 2.05) is 0 Å². The third-order valence-corrected chi connectivity index (χ3v) is 1.29. The molecule has 5 nitrogen and oxygen atoms in total. The maximum absolute atomic E-state index is 5.14. The van der Waals surface area contributed by atoms with Crippen molar-refractivity contribution in [1.29, 1.82) is 0 Å². The fraction of sp³-hybridized carbons (Fsp3) is 0.857. The van der Waals surface area contributed by atoms with E-state index in [-0.39, 0.29) is 5.96 Å².